The second-order valence-corrected chi connectivity index (χ2v) is 4.85. The molecule has 6 heteroatoms. The molecule has 0 bridgehead atoms. The fraction of sp³-hybridized carbons (Fsp3) is 0.600. The van der Waals surface area contributed by atoms with Gasteiger partial charge in [-0.05, 0) is 36.1 Å². The number of benzene rings is 1. The molecule has 1 atom stereocenters. The lowest BCUT2D eigenvalue weighted by atomic mass is 9.93. The molecule has 120 valence electrons. The first-order valence-electron chi connectivity index (χ1n) is 6.98. The zero-order valence-corrected chi connectivity index (χ0v) is 12.3. The van der Waals surface area contributed by atoms with Crippen LogP contribution in [0.4, 0.5) is 22.0 Å². The Morgan fingerprint density at radius 1 is 0.952 bits per heavy atom. The van der Waals surface area contributed by atoms with Gasteiger partial charge in [0.1, 0.15) is 6.04 Å². The van der Waals surface area contributed by atoms with Crippen LogP contribution in [0.3, 0.4) is 0 Å². The predicted molar refractivity (Wildman–Crippen MR) is 72.6 cm³/mol. The van der Waals surface area contributed by atoms with Gasteiger partial charge in [0.15, 0.2) is 0 Å². The molecule has 1 rings (SSSR count). The fourth-order valence-corrected chi connectivity index (χ4v) is 2.32. The quantitative estimate of drug-likeness (QED) is 0.754. The van der Waals surface area contributed by atoms with E-state index < -0.39 is 18.1 Å². The first-order valence-corrected chi connectivity index (χ1v) is 6.98. The van der Waals surface area contributed by atoms with E-state index >= 15 is 0 Å². The number of rotatable bonds is 6. The average Bonchev–Trinajstić information content (AvgIpc) is 2.42. The van der Waals surface area contributed by atoms with Crippen LogP contribution >= 0.6 is 0 Å². The molecule has 0 saturated carbocycles. The van der Waals surface area contributed by atoms with Crippen LogP contribution < -0.4 is 5.32 Å². The van der Waals surface area contributed by atoms with Gasteiger partial charge in [0, 0.05) is 0 Å². The van der Waals surface area contributed by atoms with E-state index in [1.54, 1.807) is 6.07 Å². The van der Waals surface area contributed by atoms with Crippen molar-refractivity contribution in [2.45, 2.75) is 51.8 Å². The Balaban J connectivity index is 3.29. The van der Waals surface area contributed by atoms with E-state index in [2.05, 4.69) is 5.32 Å². The predicted octanol–water partition coefficient (Wildman–Crippen LogP) is 4.66. The molecule has 0 aliphatic carbocycles. The van der Waals surface area contributed by atoms with Crippen LogP contribution in [0, 0.1) is 0 Å². The second-order valence-electron chi connectivity index (χ2n) is 4.85. The Hall–Kier alpha value is -1.17. The van der Waals surface area contributed by atoms with Gasteiger partial charge in [-0.1, -0.05) is 39.0 Å². The number of alkyl halides is 5. The lowest BCUT2D eigenvalue weighted by molar-refractivity contribution is -0.294. The number of halogens is 5. The molecule has 0 fully saturated rings. The molecule has 0 spiro atoms. The Morgan fingerprint density at radius 2 is 1.52 bits per heavy atom. The van der Waals surface area contributed by atoms with Crippen molar-refractivity contribution < 1.29 is 22.0 Å². The van der Waals surface area contributed by atoms with E-state index in [-0.39, 0.29) is 12.1 Å². The summed E-state index contributed by atoms with van der Waals surface area (Å²) in [7, 11) is 0. The van der Waals surface area contributed by atoms with Crippen molar-refractivity contribution in [2.75, 3.05) is 6.54 Å². The maximum Gasteiger partial charge on any atom is 0.455 e. The Morgan fingerprint density at radius 3 is 1.95 bits per heavy atom. The lowest BCUT2D eigenvalue weighted by Crippen LogP contribution is -2.48. The van der Waals surface area contributed by atoms with Gasteiger partial charge in [0.2, 0.25) is 0 Å². The molecule has 0 aromatic heterocycles. The highest BCUT2D eigenvalue weighted by atomic mass is 19.4. The van der Waals surface area contributed by atoms with Crippen LogP contribution in [0.2, 0.25) is 0 Å². The summed E-state index contributed by atoms with van der Waals surface area (Å²) in [6.45, 7) is 5.29. The van der Waals surface area contributed by atoms with Gasteiger partial charge < -0.3 is 5.32 Å². The Labute approximate surface area is 121 Å². The van der Waals surface area contributed by atoms with Crippen molar-refractivity contribution in [1.29, 1.82) is 0 Å². The van der Waals surface area contributed by atoms with E-state index in [0.717, 1.165) is 11.1 Å². The molecular formula is C15H20F5N. The summed E-state index contributed by atoms with van der Waals surface area (Å²) >= 11 is 0. The normalized spacial score (nSPS) is 14.3. The first-order chi connectivity index (χ1) is 9.68. The van der Waals surface area contributed by atoms with Crippen molar-refractivity contribution in [3.8, 4) is 0 Å². The summed E-state index contributed by atoms with van der Waals surface area (Å²) < 4.78 is 65.3. The minimum Gasteiger partial charge on any atom is -0.305 e. The summed E-state index contributed by atoms with van der Waals surface area (Å²) in [5.41, 5.74) is 1.73. The van der Waals surface area contributed by atoms with Crippen LogP contribution in [-0.4, -0.2) is 18.6 Å². The highest BCUT2D eigenvalue weighted by Crippen LogP contribution is 2.44. The maximum absolute atomic E-state index is 13.7. The molecule has 0 heterocycles. The number of hydrogen-bond donors (Lipinski definition) is 1. The number of aryl methyl sites for hydroxylation is 2. The van der Waals surface area contributed by atoms with Gasteiger partial charge in [0.25, 0.3) is 0 Å². The lowest BCUT2D eigenvalue weighted by Gasteiger charge is -2.30. The van der Waals surface area contributed by atoms with Gasteiger partial charge in [-0.15, -0.1) is 0 Å². The third kappa shape index (κ3) is 3.73. The molecule has 1 aromatic carbocycles. The van der Waals surface area contributed by atoms with Gasteiger partial charge >= 0.3 is 12.1 Å². The summed E-state index contributed by atoms with van der Waals surface area (Å²) in [6, 6.07) is 2.36. The monoisotopic (exact) mass is 309 g/mol. The first kappa shape index (κ1) is 17.9. The molecule has 0 aliphatic rings. The molecule has 0 amide bonds. The topological polar surface area (TPSA) is 12.0 Å². The van der Waals surface area contributed by atoms with Crippen molar-refractivity contribution in [1.82, 2.24) is 5.32 Å². The van der Waals surface area contributed by atoms with Gasteiger partial charge in [-0.2, -0.15) is 22.0 Å². The standard InChI is InChI=1S/C15H20F5N/c1-4-10-7-8-12(9-11(10)5-2)13(21-6-3)14(16,17)15(18,19)20/h7-9,13,21H,4-6H2,1-3H3. The van der Waals surface area contributed by atoms with Crippen LogP contribution in [0.1, 0.15) is 43.5 Å². The van der Waals surface area contributed by atoms with E-state index in [9.17, 15) is 22.0 Å². The smallest absolute Gasteiger partial charge is 0.305 e. The Bertz CT molecular complexity index is 468. The molecular weight excluding hydrogens is 289 g/mol. The zero-order chi connectivity index (χ0) is 16.3. The number of hydrogen-bond acceptors (Lipinski definition) is 1. The van der Waals surface area contributed by atoms with Crippen molar-refractivity contribution in [2.24, 2.45) is 0 Å². The second kappa shape index (κ2) is 6.73. The third-order valence-electron chi connectivity index (χ3n) is 3.47. The minimum atomic E-state index is -5.59. The van der Waals surface area contributed by atoms with Crippen LogP contribution in [0.15, 0.2) is 18.2 Å². The average molecular weight is 309 g/mol. The third-order valence-corrected chi connectivity index (χ3v) is 3.47. The SMILES string of the molecule is CCNC(c1ccc(CC)c(CC)c1)C(F)(F)C(F)(F)F. The number of nitrogens with one attached hydrogen (secondary N) is 1. The van der Waals surface area contributed by atoms with Crippen LogP contribution in [0.5, 0.6) is 0 Å². The molecule has 21 heavy (non-hydrogen) atoms. The Kier molecular flexibility index (Phi) is 5.73. The molecule has 0 radical (unpaired) electrons. The highest BCUT2D eigenvalue weighted by Gasteiger charge is 2.62. The highest BCUT2D eigenvalue weighted by molar-refractivity contribution is 5.35. The fourth-order valence-electron chi connectivity index (χ4n) is 2.32. The minimum absolute atomic E-state index is 0.0212. The molecule has 1 N–H and O–H groups in total. The van der Waals surface area contributed by atoms with Gasteiger partial charge in [-0.25, -0.2) is 0 Å². The summed E-state index contributed by atoms with van der Waals surface area (Å²) in [4.78, 5) is 0. The summed E-state index contributed by atoms with van der Waals surface area (Å²) in [5.74, 6) is -4.82. The molecule has 0 saturated heterocycles. The van der Waals surface area contributed by atoms with E-state index in [1.165, 1.54) is 19.1 Å². The van der Waals surface area contributed by atoms with E-state index in [4.69, 9.17) is 0 Å². The van der Waals surface area contributed by atoms with E-state index in [1.807, 2.05) is 13.8 Å². The van der Waals surface area contributed by atoms with Crippen LogP contribution in [-0.2, 0) is 12.8 Å². The van der Waals surface area contributed by atoms with Gasteiger partial charge in [0.05, 0.1) is 0 Å². The maximum atomic E-state index is 13.7. The molecule has 1 nitrogen and oxygen atoms in total. The zero-order valence-electron chi connectivity index (χ0n) is 12.3. The summed E-state index contributed by atoms with van der Waals surface area (Å²) in [5, 5.41) is 2.26. The van der Waals surface area contributed by atoms with E-state index in [0.29, 0.717) is 12.8 Å². The largest absolute Gasteiger partial charge is 0.455 e. The molecule has 1 unspecified atom stereocenters. The molecule has 1 aromatic rings. The summed E-state index contributed by atoms with van der Waals surface area (Å²) in [6.07, 6.45) is -4.28. The van der Waals surface area contributed by atoms with Crippen molar-refractivity contribution in [3.05, 3.63) is 34.9 Å². The molecule has 0 aliphatic heterocycles. The van der Waals surface area contributed by atoms with Crippen molar-refractivity contribution in [3.63, 3.8) is 0 Å². The van der Waals surface area contributed by atoms with Crippen molar-refractivity contribution >= 4 is 0 Å². The van der Waals surface area contributed by atoms with Gasteiger partial charge in [-0.3, -0.25) is 0 Å². The van der Waals surface area contributed by atoms with Crippen LogP contribution in [0.25, 0.3) is 0 Å².